The van der Waals surface area contributed by atoms with Gasteiger partial charge in [-0.15, -0.1) is 0 Å². The largest absolute Gasteiger partial charge is 0.465 e. The van der Waals surface area contributed by atoms with Crippen LogP contribution in [0, 0.1) is 0 Å². The molecule has 0 saturated carbocycles. The van der Waals surface area contributed by atoms with E-state index in [1.807, 2.05) is 42.5 Å². The zero-order valence-corrected chi connectivity index (χ0v) is 22.0. The topological polar surface area (TPSA) is 82.0 Å². The molecule has 0 bridgehead atoms. The Balaban J connectivity index is 1.64. The highest BCUT2D eigenvalue weighted by Gasteiger charge is 2.39. The standard InChI is InChI=1S/C30H26Cl2N2O4/c1-2-38-30(37)26(20-12-5-7-16-24(20)33-27-22(31)14-9-15-23(27)32)21-13-6-8-17-25(21)34-28(35)18-10-3-4-11-19(18)29(34)36/h3-17,26,28-29,33,35-36H,2H2,1H3. The summed E-state index contributed by atoms with van der Waals surface area (Å²) in [4.78, 5) is 15.1. The first kappa shape index (κ1) is 26.1. The van der Waals surface area contributed by atoms with E-state index >= 15 is 0 Å². The summed E-state index contributed by atoms with van der Waals surface area (Å²) in [6, 6.07) is 26.9. The fourth-order valence-corrected chi connectivity index (χ4v) is 5.40. The zero-order valence-electron chi connectivity index (χ0n) is 20.5. The Morgan fingerprint density at radius 2 is 1.39 bits per heavy atom. The molecule has 6 nitrogen and oxygen atoms in total. The van der Waals surface area contributed by atoms with Gasteiger partial charge in [0.05, 0.1) is 22.3 Å². The van der Waals surface area contributed by atoms with Crippen LogP contribution in [0.15, 0.2) is 91.0 Å². The van der Waals surface area contributed by atoms with Gasteiger partial charge in [-0.25, -0.2) is 0 Å². The van der Waals surface area contributed by atoms with Crippen LogP contribution >= 0.6 is 23.2 Å². The molecule has 4 aromatic carbocycles. The minimum atomic E-state index is -1.10. The first-order chi connectivity index (χ1) is 18.4. The molecule has 8 heteroatoms. The molecule has 0 saturated heterocycles. The SMILES string of the molecule is CCOC(=O)C(c1ccccc1Nc1c(Cl)cccc1Cl)c1ccccc1N1C(O)c2ccccc2C1O. The van der Waals surface area contributed by atoms with Crippen molar-refractivity contribution in [2.75, 3.05) is 16.8 Å². The average Bonchev–Trinajstić information content (AvgIpc) is 3.17. The van der Waals surface area contributed by atoms with E-state index in [1.165, 1.54) is 4.90 Å². The predicted octanol–water partition coefficient (Wildman–Crippen LogP) is 6.93. The molecule has 5 rings (SSSR count). The number of rotatable bonds is 7. The molecule has 1 aliphatic rings. The number of nitrogens with zero attached hydrogens (tertiary/aromatic N) is 1. The van der Waals surface area contributed by atoms with Gasteiger partial charge in [-0.05, 0) is 42.3 Å². The fraction of sp³-hybridized carbons (Fsp3) is 0.167. The van der Waals surface area contributed by atoms with Crippen molar-refractivity contribution in [3.8, 4) is 0 Å². The summed E-state index contributed by atoms with van der Waals surface area (Å²) >= 11 is 12.9. The predicted molar refractivity (Wildman–Crippen MR) is 150 cm³/mol. The van der Waals surface area contributed by atoms with Gasteiger partial charge in [-0.2, -0.15) is 0 Å². The lowest BCUT2D eigenvalue weighted by atomic mass is 9.88. The quantitative estimate of drug-likeness (QED) is 0.217. The Morgan fingerprint density at radius 1 is 0.842 bits per heavy atom. The Labute approximate surface area is 231 Å². The first-order valence-corrected chi connectivity index (χ1v) is 13.0. The van der Waals surface area contributed by atoms with Gasteiger partial charge < -0.3 is 25.2 Å². The molecule has 1 aliphatic heterocycles. The summed E-state index contributed by atoms with van der Waals surface area (Å²) in [7, 11) is 0. The summed E-state index contributed by atoms with van der Waals surface area (Å²) < 4.78 is 5.54. The van der Waals surface area contributed by atoms with E-state index in [0.29, 0.717) is 49.4 Å². The van der Waals surface area contributed by atoms with Crippen LogP contribution in [0.3, 0.4) is 0 Å². The van der Waals surface area contributed by atoms with Crippen LogP contribution in [0.5, 0.6) is 0 Å². The molecule has 0 radical (unpaired) electrons. The molecule has 3 unspecified atom stereocenters. The number of esters is 1. The Bertz CT molecular complexity index is 1430. The molecule has 38 heavy (non-hydrogen) atoms. The van der Waals surface area contributed by atoms with Gasteiger partial charge in [-0.3, -0.25) is 4.79 Å². The number of aliphatic hydroxyl groups is 2. The van der Waals surface area contributed by atoms with Crippen LogP contribution in [0.2, 0.25) is 10.0 Å². The molecule has 4 aromatic rings. The van der Waals surface area contributed by atoms with Gasteiger partial charge in [0.2, 0.25) is 0 Å². The van der Waals surface area contributed by atoms with Crippen LogP contribution < -0.4 is 10.2 Å². The lowest BCUT2D eigenvalue weighted by Gasteiger charge is -2.31. The number of nitrogens with one attached hydrogen (secondary N) is 1. The molecule has 1 heterocycles. The summed E-state index contributed by atoms with van der Waals surface area (Å²) in [5.74, 6) is -1.36. The van der Waals surface area contributed by atoms with E-state index < -0.39 is 24.3 Å². The molecule has 0 amide bonds. The van der Waals surface area contributed by atoms with Crippen molar-refractivity contribution in [1.29, 1.82) is 0 Å². The number of para-hydroxylation sites is 3. The second-order valence-corrected chi connectivity index (χ2v) is 9.65. The van der Waals surface area contributed by atoms with Crippen molar-refractivity contribution in [3.63, 3.8) is 0 Å². The number of ether oxygens (including phenoxy) is 1. The normalized spacial score (nSPS) is 17.1. The fourth-order valence-electron chi connectivity index (χ4n) is 4.91. The van der Waals surface area contributed by atoms with Gasteiger partial charge >= 0.3 is 5.97 Å². The zero-order chi connectivity index (χ0) is 26.8. The van der Waals surface area contributed by atoms with Gasteiger partial charge in [0, 0.05) is 22.5 Å². The molecular formula is C30H26Cl2N2O4. The van der Waals surface area contributed by atoms with Gasteiger partial charge in [0.25, 0.3) is 0 Å². The van der Waals surface area contributed by atoms with E-state index in [-0.39, 0.29) is 6.61 Å². The average molecular weight is 549 g/mol. The van der Waals surface area contributed by atoms with Crippen molar-refractivity contribution in [2.45, 2.75) is 25.3 Å². The summed E-state index contributed by atoms with van der Waals surface area (Å²) in [5.41, 5.74) is 4.04. The molecular weight excluding hydrogens is 523 g/mol. The maximum Gasteiger partial charge on any atom is 0.318 e. The number of carbonyl (C=O) groups is 1. The third kappa shape index (κ3) is 4.72. The monoisotopic (exact) mass is 548 g/mol. The van der Waals surface area contributed by atoms with Gasteiger partial charge in [-0.1, -0.05) is 89.9 Å². The second kappa shape index (κ2) is 11.1. The van der Waals surface area contributed by atoms with E-state index in [0.717, 1.165) is 0 Å². The van der Waals surface area contributed by atoms with E-state index in [9.17, 15) is 15.0 Å². The molecule has 0 spiro atoms. The third-order valence-corrected chi connectivity index (χ3v) is 7.25. The molecule has 0 fully saturated rings. The molecule has 0 aromatic heterocycles. The summed E-state index contributed by atoms with van der Waals surface area (Å²) in [6.45, 7) is 1.93. The lowest BCUT2D eigenvalue weighted by molar-refractivity contribution is -0.143. The number of aliphatic hydroxyl groups excluding tert-OH is 2. The van der Waals surface area contributed by atoms with E-state index in [4.69, 9.17) is 27.9 Å². The van der Waals surface area contributed by atoms with E-state index in [1.54, 1.807) is 55.5 Å². The molecule has 194 valence electrons. The van der Waals surface area contributed by atoms with Gasteiger partial charge in [0.15, 0.2) is 12.5 Å². The van der Waals surface area contributed by atoms with Crippen LogP contribution in [0.1, 0.15) is 47.6 Å². The van der Waals surface area contributed by atoms with Crippen molar-refractivity contribution in [1.82, 2.24) is 0 Å². The number of hydrogen-bond acceptors (Lipinski definition) is 6. The van der Waals surface area contributed by atoms with Crippen molar-refractivity contribution in [2.24, 2.45) is 0 Å². The van der Waals surface area contributed by atoms with Crippen molar-refractivity contribution in [3.05, 3.63) is 123 Å². The summed E-state index contributed by atoms with van der Waals surface area (Å²) in [6.07, 6.45) is -2.19. The Hall–Kier alpha value is -3.55. The molecule has 3 N–H and O–H groups in total. The Kier molecular flexibility index (Phi) is 7.58. The number of carbonyl (C=O) groups excluding carboxylic acids is 1. The highest BCUT2D eigenvalue weighted by Crippen LogP contribution is 2.47. The number of fused-ring (bicyclic) bond motifs is 1. The minimum Gasteiger partial charge on any atom is -0.465 e. The van der Waals surface area contributed by atoms with Crippen LogP contribution in [-0.2, 0) is 9.53 Å². The second-order valence-electron chi connectivity index (χ2n) is 8.84. The maximum atomic E-state index is 13.6. The van der Waals surface area contributed by atoms with E-state index in [2.05, 4.69) is 5.32 Å². The highest BCUT2D eigenvalue weighted by molar-refractivity contribution is 6.39. The smallest absolute Gasteiger partial charge is 0.318 e. The third-order valence-electron chi connectivity index (χ3n) is 6.62. The molecule has 0 aliphatic carbocycles. The number of benzene rings is 4. The Morgan fingerprint density at radius 3 is 2.03 bits per heavy atom. The van der Waals surface area contributed by atoms with Crippen LogP contribution in [0.4, 0.5) is 17.1 Å². The van der Waals surface area contributed by atoms with Crippen LogP contribution in [-0.4, -0.2) is 22.8 Å². The van der Waals surface area contributed by atoms with Crippen molar-refractivity contribution < 1.29 is 19.7 Å². The first-order valence-electron chi connectivity index (χ1n) is 12.2. The van der Waals surface area contributed by atoms with Gasteiger partial charge in [0.1, 0.15) is 5.92 Å². The molecule has 3 atom stereocenters. The highest BCUT2D eigenvalue weighted by atomic mass is 35.5. The maximum absolute atomic E-state index is 13.6. The number of anilines is 3. The summed E-state index contributed by atoms with van der Waals surface area (Å²) in [5, 5.41) is 26.6. The minimum absolute atomic E-state index is 0.184. The van der Waals surface area contributed by atoms with Crippen molar-refractivity contribution >= 4 is 46.2 Å². The number of hydrogen-bond donors (Lipinski definition) is 3. The lowest BCUT2D eigenvalue weighted by Crippen LogP contribution is -2.28. The van der Waals surface area contributed by atoms with Crippen LogP contribution in [0.25, 0.3) is 0 Å². The number of halogens is 2.